The molecule has 0 aliphatic carbocycles. The van der Waals surface area contributed by atoms with Crippen LogP contribution in [0.3, 0.4) is 0 Å². The third-order valence-corrected chi connectivity index (χ3v) is 3.57. The Hall–Kier alpha value is -2.67. The van der Waals surface area contributed by atoms with Crippen LogP contribution in [0.4, 0.5) is 0 Å². The smallest absolute Gasteiger partial charge is 0.328 e. The van der Waals surface area contributed by atoms with Crippen LogP contribution in [0.25, 0.3) is 11.3 Å². The van der Waals surface area contributed by atoms with Gasteiger partial charge in [0, 0.05) is 11.6 Å². The van der Waals surface area contributed by atoms with Gasteiger partial charge in [-0.05, 0) is 19.1 Å². The highest BCUT2D eigenvalue weighted by atomic mass is 35.5. The van der Waals surface area contributed by atoms with E-state index in [-0.39, 0.29) is 6.54 Å². The maximum atomic E-state index is 12.0. The van der Waals surface area contributed by atoms with Gasteiger partial charge in [-0.3, -0.25) is 9.59 Å². The van der Waals surface area contributed by atoms with Gasteiger partial charge in [-0.25, -0.2) is 9.48 Å². The molecule has 2 rings (SSSR count). The van der Waals surface area contributed by atoms with Gasteiger partial charge < -0.3 is 10.1 Å². The first-order valence-corrected chi connectivity index (χ1v) is 7.50. The van der Waals surface area contributed by atoms with Gasteiger partial charge in [-0.15, -0.1) is 0 Å². The summed E-state index contributed by atoms with van der Waals surface area (Å²) in [6.45, 7) is 1.17. The van der Waals surface area contributed by atoms with Crippen molar-refractivity contribution in [3.63, 3.8) is 0 Å². The topological polar surface area (TPSA) is 90.3 Å². The molecular weight excluding hydrogens is 334 g/mol. The van der Waals surface area contributed by atoms with Crippen LogP contribution < -0.4 is 10.9 Å². The molecule has 1 amide bonds. The zero-order valence-corrected chi connectivity index (χ0v) is 13.9. The average molecular weight is 350 g/mol. The number of nitrogens with one attached hydrogen (secondary N) is 1. The Morgan fingerprint density at radius 3 is 2.67 bits per heavy atom. The third-order valence-electron chi connectivity index (χ3n) is 3.24. The van der Waals surface area contributed by atoms with Crippen molar-refractivity contribution in [3.05, 3.63) is 51.8 Å². The Labute approximate surface area is 143 Å². The van der Waals surface area contributed by atoms with Crippen molar-refractivity contribution in [1.29, 1.82) is 0 Å². The summed E-state index contributed by atoms with van der Waals surface area (Å²) in [7, 11) is 1.23. The molecule has 1 aromatic carbocycles. The molecule has 24 heavy (non-hydrogen) atoms. The molecule has 126 valence electrons. The molecule has 0 aliphatic heterocycles. The lowest BCUT2D eigenvalue weighted by molar-refractivity contribution is -0.144. The first-order chi connectivity index (χ1) is 11.4. The van der Waals surface area contributed by atoms with E-state index in [1.165, 1.54) is 26.2 Å². The number of aromatic nitrogens is 2. The van der Waals surface area contributed by atoms with Crippen LogP contribution in [0.15, 0.2) is 41.2 Å². The van der Waals surface area contributed by atoms with Crippen LogP contribution in [-0.4, -0.2) is 34.8 Å². The monoisotopic (exact) mass is 349 g/mol. The number of ether oxygens (including phenoxy) is 1. The maximum Gasteiger partial charge on any atom is 0.328 e. The Morgan fingerprint density at radius 2 is 2.00 bits per heavy atom. The van der Waals surface area contributed by atoms with Crippen molar-refractivity contribution < 1.29 is 14.3 Å². The minimum Gasteiger partial charge on any atom is -0.467 e. The van der Waals surface area contributed by atoms with E-state index in [4.69, 9.17) is 11.6 Å². The molecule has 7 nitrogen and oxygen atoms in total. The second-order valence-electron chi connectivity index (χ2n) is 5.01. The minimum absolute atomic E-state index is 0.321. The zero-order chi connectivity index (χ0) is 17.7. The van der Waals surface area contributed by atoms with E-state index in [1.54, 1.807) is 24.3 Å². The van der Waals surface area contributed by atoms with Crippen molar-refractivity contribution in [3.8, 4) is 11.3 Å². The lowest BCUT2D eigenvalue weighted by atomic mass is 10.1. The van der Waals surface area contributed by atoms with Gasteiger partial charge in [0.15, 0.2) is 0 Å². The number of halogens is 1. The Morgan fingerprint density at radius 1 is 1.29 bits per heavy atom. The van der Waals surface area contributed by atoms with Gasteiger partial charge in [0.05, 0.1) is 17.8 Å². The van der Waals surface area contributed by atoms with Crippen LogP contribution in [0, 0.1) is 0 Å². The van der Waals surface area contributed by atoms with Crippen LogP contribution in [-0.2, 0) is 20.9 Å². The Kier molecular flexibility index (Phi) is 5.70. The highest BCUT2D eigenvalue weighted by Crippen LogP contribution is 2.24. The van der Waals surface area contributed by atoms with Crippen LogP contribution in [0.1, 0.15) is 6.92 Å². The number of amides is 1. The molecule has 8 heteroatoms. The quantitative estimate of drug-likeness (QED) is 0.820. The highest BCUT2D eigenvalue weighted by molar-refractivity contribution is 6.33. The van der Waals surface area contributed by atoms with Crippen molar-refractivity contribution in [2.24, 2.45) is 0 Å². The molecule has 1 N–H and O–H groups in total. The molecule has 0 radical (unpaired) electrons. The Bertz CT molecular complexity index is 819. The zero-order valence-electron chi connectivity index (χ0n) is 13.2. The number of methoxy groups -OCH3 is 1. The van der Waals surface area contributed by atoms with Crippen molar-refractivity contribution in [2.75, 3.05) is 7.11 Å². The molecule has 0 bridgehead atoms. The fourth-order valence-electron chi connectivity index (χ4n) is 2.03. The molecular formula is C16H16ClN3O4. The first-order valence-electron chi connectivity index (χ1n) is 7.12. The molecule has 1 heterocycles. The number of carbonyl (C=O) groups is 2. The number of benzene rings is 1. The fourth-order valence-corrected chi connectivity index (χ4v) is 2.27. The molecule has 0 saturated carbocycles. The van der Waals surface area contributed by atoms with E-state index in [9.17, 15) is 14.4 Å². The summed E-state index contributed by atoms with van der Waals surface area (Å²) in [5.74, 6) is -1.10. The standard InChI is InChI=1S/C16H16ClN3O4/c1-10(16(23)24-2)18-14(21)9-20-15(22)8-7-13(19-20)11-5-3-4-6-12(11)17/h3-8,10H,9H2,1-2H3,(H,18,21)/t10-/m0/s1. The molecule has 0 spiro atoms. The van der Waals surface area contributed by atoms with E-state index in [1.807, 2.05) is 0 Å². The second-order valence-corrected chi connectivity index (χ2v) is 5.41. The van der Waals surface area contributed by atoms with E-state index in [2.05, 4.69) is 15.2 Å². The molecule has 0 unspecified atom stereocenters. The number of rotatable bonds is 5. The first kappa shape index (κ1) is 17.7. The number of hydrogen-bond acceptors (Lipinski definition) is 5. The molecule has 0 saturated heterocycles. The molecule has 1 aromatic heterocycles. The van der Waals surface area contributed by atoms with Crippen molar-refractivity contribution in [2.45, 2.75) is 19.5 Å². The third kappa shape index (κ3) is 4.20. The van der Waals surface area contributed by atoms with E-state index in [0.29, 0.717) is 16.3 Å². The summed E-state index contributed by atoms with van der Waals surface area (Å²) in [6.07, 6.45) is 0. The highest BCUT2D eigenvalue weighted by Gasteiger charge is 2.17. The van der Waals surface area contributed by atoms with Crippen LogP contribution >= 0.6 is 11.6 Å². The number of carbonyl (C=O) groups excluding carboxylic acids is 2. The van der Waals surface area contributed by atoms with Gasteiger partial charge in [-0.2, -0.15) is 5.10 Å². The summed E-state index contributed by atoms with van der Waals surface area (Å²) in [5.41, 5.74) is 0.678. The molecule has 0 fully saturated rings. The summed E-state index contributed by atoms with van der Waals surface area (Å²) >= 11 is 6.12. The Balaban J connectivity index is 2.21. The molecule has 2 aromatic rings. The summed E-state index contributed by atoms with van der Waals surface area (Å²) < 4.78 is 5.54. The number of nitrogens with zero attached hydrogens (tertiary/aromatic N) is 2. The molecule has 1 atom stereocenters. The van der Waals surface area contributed by atoms with E-state index >= 15 is 0 Å². The SMILES string of the molecule is COC(=O)[C@H](C)NC(=O)Cn1nc(-c2ccccc2Cl)ccc1=O. The molecule has 0 aliphatic rings. The van der Waals surface area contributed by atoms with Gasteiger partial charge in [0.25, 0.3) is 5.56 Å². The second kappa shape index (κ2) is 7.74. The van der Waals surface area contributed by atoms with Gasteiger partial charge >= 0.3 is 5.97 Å². The fraction of sp³-hybridized carbons (Fsp3) is 0.250. The van der Waals surface area contributed by atoms with E-state index in [0.717, 1.165) is 4.68 Å². The van der Waals surface area contributed by atoms with Crippen molar-refractivity contribution in [1.82, 2.24) is 15.1 Å². The number of esters is 1. The van der Waals surface area contributed by atoms with Crippen molar-refractivity contribution >= 4 is 23.5 Å². The minimum atomic E-state index is -0.815. The summed E-state index contributed by atoms with van der Waals surface area (Å²) in [5, 5.41) is 7.08. The summed E-state index contributed by atoms with van der Waals surface area (Å²) in [6, 6.07) is 9.08. The van der Waals surface area contributed by atoms with Gasteiger partial charge in [0.1, 0.15) is 12.6 Å². The average Bonchev–Trinajstić information content (AvgIpc) is 2.56. The van der Waals surface area contributed by atoms with Crippen LogP contribution in [0.5, 0.6) is 0 Å². The maximum absolute atomic E-state index is 12.0. The largest absolute Gasteiger partial charge is 0.467 e. The van der Waals surface area contributed by atoms with Gasteiger partial charge in [-0.1, -0.05) is 29.8 Å². The van der Waals surface area contributed by atoms with E-state index < -0.39 is 23.5 Å². The number of hydrogen-bond donors (Lipinski definition) is 1. The lowest BCUT2D eigenvalue weighted by Crippen LogP contribution is -2.42. The summed E-state index contributed by atoms with van der Waals surface area (Å²) in [4.78, 5) is 35.2. The predicted octanol–water partition coefficient (Wildman–Crippen LogP) is 1.24. The predicted molar refractivity (Wildman–Crippen MR) is 88.6 cm³/mol. The van der Waals surface area contributed by atoms with Crippen LogP contribution in [0.2, 0.25) is 5.02 Å². The lowest BCUT2D eigenvalue weighted by Gasteiger charge is -2.12. The normalized spacial score (nSPS) is 11.6. The van der Waals surface area contributed by atoms with Gasteiger partial charge in [0.2, 0.25) is 5.91 Å².